The third kappa shape index (κ3) is 2.93. The van der Waals surface area contributed by atoms with Gasteiger partial charge in [0, 0.05) is 17.8 Å². The summed E-state index contributed by atoms with van der Waals surface area (Å²) in [5, 5.41) is 10.6. The molecular formula is C17H23N3. The van der Waals surface area contributed by atoms with Crippen LogP contribution in [0.3, 0.4) is 0 Å². The standard InChI is InChI=1S/C17H23N3/c1-18-12-16-11-17(20-19-16)15-9-7-14(8-10-15)13-5-3-2-4-6-13/h7-11,13,18H,2-6,12H2,1H3,(H,19,20). The summed E-state index contributed by atoms with van der Waals surface area (Å²) >= 11 is 0. The minimum absolute atomic E-state index is 0.775. The maximum Gasteiger partial charge on any atom is 0.0924 e. The average Bonchev–Trinajstić information content (AvgIpc) is 2.97. The lowest BCUT2D eigenvalue weighted by Crippen LogP contribution is -2.04. The molecule has 20 heavy (non-hydrogen) atoms. The number of hydrogen-bond donors (Lipinski definition) is 2. The summed E-state index contributed by atoms with van der Waals surface area (Å²) in [5.74, 6) is 0.775. The van der Waals surface area contributed by atoms with E-state index < -0.39 is 0 Å². The maximum absolute atomic E-state index is 4.38. The van der Waals surface area contributed by atoms with Crippen LogP contribution in [0.2, 0.25) is 0 Å². The number of H-pyrrole nitrogens is 1. The Morgan fingerprint density at radius 3 is 2.60 bits per heavy atom. The van der Waals surface area contributed by atoms with Crippen molar-refractivity contribution in [3.63, 3.8) is 0 Å². The number of aromatic nitrogens is 2. The summed E-state index contributed by atoms with van der Waals surface area (Å²) in [7, 11) is 1.94. The van der Waals surface area contributed by atoms with Crippen molar-refractivity contribution < 1.29 is 0 Å². The van der Waals surface area contributed by atoms with E-state index in [-0.39, 0.29) is 0 Å². The molecule has 1 saturated carbocycles. The van der Waals surface area contributed by atoms with Gasteiger partial charge in [-0.25, -0.2) is 0 Å². The van der Waals surface area contributed by atoms with Gasteiger partial charge in [0.05, 0.1) is 5.69 Å². The van der Waals surface area contributed by atoms with Crippen molar-refractivity contribution in [2.45, 2.75) is 44.6 Å². The summed E-state index contributed by atoms with van der Waals surface area (Å²) in [6.45, 7) is 0.827. The molecule has 3 heteroatoms. The van der Waals surface area contributed by atoms with Crippen molar-refractivity contribution in [1.82, 2.24) is 15.5 Å². The Morgan fingerprint density at radius 1 is 1.15 bits per heavy atom. The summed E-state index contributed by atoms with van der Waals surface area (Å²) in [4.78, 5) is 0. The quantitative estimate of drug-likeness (QED) is 0.885. The highest BCUT2D eigenvalue weighted by atomic mass is 15.1. The van der Waals surface area contributed by atoms with Crippen molar-refractivity contribution >= 4 is 0 Å². The third-order valence-corrected chi connectivity index (χ3v) is 4.28. The number of hydrogen-bond acceptors (Lipinski definition) is 2. The zero-order valence-corrected chi connectivity index (χ0v) is 12.2. The molecule has 2 aromatic rings. The van der Waals surface area contributed by atoms with Crippen molar-refractivity contribution in [2.75, 3.05) is 7.05 Å². The Balaban J connectivity index is 1.74. The van der Waals surface area contributed by atoms with Crippen molar-refractivity contribution in [1.29, 1.82) is 0 Å². The van der Waals surface area contributed by atoms with Gasteiger partial charge in [-0.3, -0.25) is 5.10 Å². The predicted molar refractivity (Wildman–Crippen MR) is 82.6 cm³/mol. The number of nitrogens with one attached hydrogen (secondary N) is 2. The van der Waals surface area contributed by atoms with Crippen LogP contribution in [0.4, 0.5) is 0 Å². The number of rotatable bonds is 4. The zero-order chi connectivity index (χ0) is 13.8. The molecule has 1 aromatic heterocycles. The molecule has 1 fully saturated rings. The van der Waals surface area contributed by atoms with Gasteiger partial charge in [0.2, 0.25) is 0 Å². The summed E-state index contributed by atoms with van der Waals surface area (Å²) < 4.78 is 0. The van der Waals surface area contributed by atoms with Crippen molar-refractivity contribution in [3.8, 4) is 11.3 Å². The second-order valence-corrected chi connectivity index (χ2v) is 5.77. The van der Waals surface area contributed by atoms with Crippen LogP contribution < -0.4 is 5.32 Å². The van der Waals surface area contributed by atoms with E-state index in [0.29, 0.717) is 0 Å². The zero-order valence-electron chi connectivity index (χ0n) is 12.2. The Kier molecular flexibility index (Phi) is 4.16. The van der Waals surface area contributed by atoms with Gasteiger partial charge >= 0.3 is 0 Å². The van der Waals surface area contributed by atoms with Gasteiger partial charge in [0.15, 0.2) is 0 Å². The highest BCUT2D eigenvalue weighted by Crippen LogP contribution is 2.33. The van der Waals surface area contributed by atoms with E-state index in [1.807, 2.05) is 7.05 Å². The molecule has 0 saturated heterocycles. The number of aromatic amines is 1. The Labute approximate surface area is 120 Å². The van der Waals surface area contributed by atoms with Crippen LogP contribution in [0.15, 0.2) is 30.3 Å². The monoisotopic (exact) mass is 269 g/mol. The topological polar surface area (TPSA) is 40.7 Å². The molecule has 3 nitrogen and oxygen atoms in total. The molecule has 3 rings (SSSR count). The lowest BCUT2D eigenvalue weighted by atomic mass is 9.84. The fraction of sp³-hybridized carbons (Fsp3) is 0.471. The second kappa shape index (κ2) is 6.23. The van der Waals surface area contributed by atoms with Gasteiger partial charge < -0.3 is 5.32 Å². The SMILES string of the molecule is CNCc1cc(-c2ccc(C3CCCCC3)cc2)n[nH]1. The van der Waals surface area contributed by atoms with Gasteiger partial charge in [-0.15, -0.1) is 0 Å². The van der Waals surface area contributed by atoms with Crippen LogP contribution in [0.25, 0.3) is 11.3 Å². The first-order chi connectivity index (χ1) is 9.86. The molecule has 0 unspecified atom stereocenters. The summed E-state index contributed by atoms with van der Waals surface area (Å²) in [5.41, 5.74) is 4.85. The van der Waals surface area contributed by atoms with Crippen LogP contribution in [0.1, 0.15) is 49.3 Å². The molecule has 1 aliphatic carbocycles. The van der Waals surface area contributed by atoms with Crippen LogP contribution in [0, 0.1) is 0 Å². The highest BCUT2D eigenvalue weighted by Gasteiger charge is 2.15. The molecule has 106 valence electrons. The number of nitrogens with zero attached hydrogens (tertiary/aromatic N) is 1. The van der Waals surface area contributed by atoms with Gasteiger partial charge in [-0.05, 0) is 37.4 Å². The first-order valence-electron chi connectivity index (χ1n) is 7.66. The molecule has 1 aliphatic rings. The first-order valence-corrected chi connectivity index (χ1v) is 7.66. The Hall–Kier alpha value is -1.61. The molecule has 1 aromatic carbocycles. The molecule has 0 spiro atoms. The Morgan fingerprint density at radius 2 is 1.90 bits per heavy atom. The lowest BCUT2D eigenvalue weighted by Gasteiger charge is -2.21. The van der Waals surface area contributed by atoms with Crippen LogP contribution >= 0.6 is 0 Å². The molecule has 0 amide bonds. The van der Waals surface area contributed by atoms with E-state index in [2.05, 4.69) is 45.8 Å². The molecule has 0 atom stereocenters. The molecule has 1 heterocycles. The maximum atomic E-state index is 4.38. The van der Waals surface area contributed by atoms with Crippen molar-refractivity contribution in [3.05, 3.63) is 41.6 Å². The Bertz CT molecular complexity index is 536. The molecule has 0 radical (unpaired) electrons. The van der Waals surface area contributed by atoms with E-state index in [0.717, 1.165) is 23.9 Å². The minimum Gasteiger partial charge on any atom is -0.314 e. The first kappa shape index (κ1) is 13.4. The molecule has 2 N–H and O–H groups in total. The van der Waals surface area contributed by atoms with E-state index in [1.54, 1.807) is 0 Å². The summed E-state index contributed by atoms with van der Waals surface area (Å²) in [6, 6.07) is 11.1. The van der Waals surface area contributed by atoms with Crippen LogP contribution in [-0.4, -0.2) is 17.2 Å². The summed E-state index contributed by atoms with van der Waals surface area (Å²) in [6.07, 6.45) is 6.90. The second-order valence-electron chi connectivity index (χ2n) is 5.77. The fourth-order valence-electron chi connectivity index (χ4n) is 3.15. The van der Waals surface area contributed by atoms with E-state index in [4.69, 9.17) is 0 Å². The van der Waals surface area contributed by atoms with Crippen molar-refractivity contribution in [2.24, 2.45) is 0 Å². The van der Waals surface area contributed by atoms with E-state index in [9.17, 15) is 0 Å². The normalized spacial score (nSPS) is 16.4. The molecule has 0 bridgehead atoms. The highest BCUT2D eigenvalue weighted by molar-refractivity contribution is 5.59. The smallest absolute Gasteiger partial charge is 0.0924 e. The van der Waals surface area contributed by atoms with Crippen LogP contribution in [-0.2, 0) is 6.54 Å². The van der Waals surface area contributed by atoms with Gasteiger partial charge in [0.1, 0.15) is 0 Å². The molecule has 0 aliphatic heterocycles. The van der Waals surface area contributed by atoms with Crippen LogP contribution in [0.5, 0.6) is 0 Å². The van der Waals surface area contributed by atoms with Gasteiger partial charge in [-0.1, -0.05) is 43.5 Å². The third-order valence-electron chi connectivity index (χ3n) is 4.28. The fourth-order valence-corrected chi connectivity index (χ4v) is 3.15. The van der Waals surface area contributed by atoms with Gasteiger partial charge in [-0.2, -0.15) is 5.10 Å². The average molecular weight is 269 g/mol. The minimum atomic E-state index is 0.775. The van der Waals surface area contributed by atoms with Gasteiger partial charge in [0.25, 0.3) is 0 Å². The van der Waals surface area contributed by atoms with E-state index in [1.165, 1.54) is 43.2 Å². The lowest BCUT2D eigenvalue weighted by molar-refractivity contribution is 0.443. The largest absolute Gasteiger partial charge is 0.314 e. The van der Waals surface area contributed by atoms with E-state index >= 15 is 0 Å². The number of benzene rings is 1. The predicted octanol–water partition coefficient (Wildman–Crippen LogP) is 3.84. The molecular weight excluding hydrogens is 246 g/mol.